The Kier molecular flexibility index (Phi) is 5.76. The summed E-state index contributed by atoms with van der Waals surface area (Å²) in [4.78, 5) is 27.1. The van der Waals surface area contributed by atoms with Crippen LogP contribution in [0.3, 0.4) is 0 Å². The lowest BCUT2D eigenvalue weighted by Gasteiger charge is -2.20. The SMILES string of the molecule is C=CCn1c(=O)c2cnc(Nc3cc4c(cc3C)CNCC4)nc2n1-c1ccnc(C(C)(C)C)c1. The van der Waals surface area contributed by atoms with Gasteiger partial charge in [-0.05, 0) is 54.8 Å². The van der Waals surface area contributed by atoms with Gasteiger partial charge in [-0.2, -0.15) is 4.98 Å². The molecule has 1 aliphatic heterocycles. The summed E-state index contributed by atoms with van der Waals surface area (Å²) >= 11 is 0. The molecule has 180 valence electrons. The maximum absolute atomic E-state index is 13.3. The summed E-state index contributed by atoms with van der Waals surface area (Å²) < 4.78 is 3.48. The van der Waals surface area contributed by atoms with Crippen molar-refractivity contribution in [2.45, 2.75) is 52.6 Å². The molecule has 0 spiro atoms. The molecule has 2 N–H and O–H groups in total. The summed E-state index contributed by atoms with van der Waals surface area (Å²) in [6.45, 7) is 14.5. The van der Waals surface area contributed by atoms with Crippen molar-refractivity contribution in [3.8, 4) is 5.69 Å². The van der Waals surface area contributed by atoms with E-state index in [1.807, 2.05) is 16.8 Å². The minimum atomic E-state index is -0.155. The van der Waals surface area contributed by atoms with E-state index in [-0.39, 0.29) is 11.0 Å². The van der Waals surface area contributed by atoms with Crippen molar-refractivity contribution in [3.05, 3.63) is 82.1 Å². The molecule has 4 heterocycles. The molecule has 0 saturated carbocycles. The number of hydrogen-bond acceptors (Lipinski definition) is 6. The fraction of sp³-hybridized carbons (Fsp3) is 0.333. The second-order valence-corrected chi connectivity index (χ2v) is 10.1. The normalized spacial score (nSPS) is 13.6. The van der Waals surface area contributed by atoms with E-state index in [9.17, 15) is 4.79 Å². The number of nitrogens with zero attached hydrogens (tertiary/aromatic N) is 5. The summed E-state index contributed by atoms with van der Waals surface area (Å²) in [6, 6.07) is 8.30. The van der Waals surface area contributed by atoms with Crippen LogP contribution in [0.15, 0.2) is 54.1 Å². The van der Waals surface area contributed by atoms with Crippen LogP contribution in [-0.4, -0.2) is 30.9 Å². The van der Waals surface area contributed by atoms with Gasteiger partial charge in [-0.25, -0.2) is 14.3 Å². The van der Waals surface area contributed by atoms with Gasteiger partial charge < -0.3 is 10.6 Å². The van der Waals surface area contributed by atoms with Crippen LogP contribution in [-0.2, 0) is 24.9 Å². The van der Waals surface area contributed by atoms with Crippen molar-refractivity contribution in [3.63, 3.8) is 0 Å². The molecule has 0 saturated heterocycles. The molecule has 1 aliphatic rings. The molecule has 0 bridgehead atoms. The highest BCUT2D eigenvalue weighted by atomic mass is 16.1. The van der Waals surface area contributed by atoms with E-state index in [0.29, 0.717) is 23.5 Å². The number of rotatable bonds is 5. The molecule has 0 atom stereocenters. The van der Waals surface area contributed by atoms with Crippen LogP contribution < -0.4 is 16.2 Å². The number of anilines is 2. The maximum Gasteiger partial charge on any atom is 0.278 e. The minimum Gasteiger partial charge on any atom is -0.324 e. The predicted molar refractivity (Wildman–Crippen MR) is 140 cm³/mol. The first-order chi connectivity index (χ1) is 16.8. The summed E-state index contributed by atoms with van der Waals surface area (Å²) in [5.41, 5.74) is 6.77. The van der Waals surface area contributed by atoms with Gasteiger partial charge in [0.1, 0.15) is 5.39 Å². The van der Waals surface area contributed by atoms with Crippen LogP contribution in [0.5, 0.6) is 0 Å². The molecule has 0 radical (unpaired) electrons. The number of allylic oxidation sites excluding steroid dienone is 1. The quantitative estimate of drug-likeness (QED) is 0.427. The average Bonchev–Trinajstić information content (AvgIpc) is 3.10. The molecule has 0 amide bonds. The molecule has 3 aromatic heterocycles. The number of aryl methyl sites for hydroxylation is 1. The topological polar surface area (TPSA) is 89.7 Å². The Morgan fingerprint density at radius 2 is 2.03 bits per heavy atom. The number of hydrogen-bond donors (Lipinski definition) is 2. The lowest BCUT2D eigenvalue weighted by molar-refractivity contribution is 0.563. The zero-order chi connectivity index (χ0) is 24.7. The summed E-state index contributed by atoms with van der Waals surface area (Å²) in [5.74, 6) is 0.448. The third kappa shape index (κ3) is 4.25. The molecule has 0 unspecified atom stereocenters. The molecule has 4 aromatic rings. The molecule has 1 aromatic carbocycles. The maximum atomic E-state index is 13.3. The Bertz CT molecular complexity index is 1490. The van der Waals surface area contributed by atoms with Gasteiger partial charge in [0.25, 0.3) is 5.56 Å². The van der Waals surface area contributed by atoms with Crippen LogP contribution in [0, 0.1) is 6.92 Å². The second kappa shape index (κ2) is 8.78. The van der Waals surface area contributed by atoms with Crippen molar-refractivity contribution in [2.24, 2.45) is 0 Å². The van der Waals surface area contributed by atoms with E-state index in [1.54, 1.807) is 23.2 Å². The van der Waals surface area contributed by atoms with Crippen molar-refractivity contribution >= 4 is 22.7 Å². The van der Waals surface area contributed by atoms with E-state index in [2.05, 4.69) is 67.0 Å². The minimum absolute atomic E-state index is 0.135. The van der Waals surface area contributed by atoms with Gasteiger partial charge >= 0.3 is 0 Å². The van der Waals surface area contributed by atoms with Gasteiger partial charge in [0, 0.05) is 35.7 Å². The van der Waals surface area contributed by atoms with Crippen LogP contribution in [0.2, 0.25) is 0 Å². The highest BCUT2D eigenvalue weighted by Gasteiger charge is 2.21. The van der Waals surface area contributed by atoms with Crippen molar-refractivity contribution in [2.75, 3.05) is 11.9 Å². The standard InChI is InChI=1S/C27H31N7O/c1-6-11-33-25(35)21-16-30-26(31-22-13-18-7-9-28-15-19(18)12-17(22)2)32-24(21)34(33)20-8-10-29-23(14-20)27(3,4)5/h6,8,10,12-14,16,28H,1,7,9,11,15H2,2-5H3,(H,30,31,32). The first kappa shape index (κ1) is 23.0. The van der Waals surface area contributed by atoms with Crippen molar-refractivity contribution in [1.82, 2.24) is 29.6 Å². The zero-order valence-electron chi connectivity index (χ0n) is 20.7. The average molecular weight is 470 g/mol. The van der Waals surface area contributed by atoms with Crippen molar-refractivity contribution in [1.29, 1.82) is 0 Å². The van der Waals surface area contributed by atoms with E-state index in [4.69, 9.17) is 4.98 Å². The lowest BCUT2D eigenvalue weighted by Crippen LogP contribution is -2.23. The van der Waals surface area contributed by atoms with Crippen molar-refractivity contribution < 1.29 is 0 Å². The summed E-state index contributed by atoms with van der Waals surface area (Å²) in [5, 5.41) is 7.27. The fourth-order valence-electron chi connectivity index (χ4n) is 4.51. The van der Waals surface area contributed by atoms with Gasteiger partial charge in [-0.3, -0.25) is 9.78 Å². The smallest absolute Gasteiger partial charge is 0.278 e. The van der Waals surface area contributed by atoms with Gasteiger partial charge in [0.05, 0.1) is 12.2 Å². The van der Waals surface area contributed by atoms with Gasteiger partial charge in [-0.1, -0.05) is 32.9 Å². The number of benzene rings is 1. The molecule has 8 heteroatoms. The van der Waals surface area contributed by atoms with Crippen LogP contribution >= 0.6 is 0 Å². The predicted octanol–water partition coefficient (Wildman–Crippen LogP) is 4.16. The third-order valence-corrected chi connectivity index (χ3v) is 6.41. The zero-order valence-corrected chi connectivity index (χ0v) is 20.7. The van der Waals surface area contributed by atoms with E-state index < -0.39 is 0 Å². The van der Waals surface area contributed by atoms with Crippen LogP contribution in [0.1, 0.15) is 43.2 Å². The first-order valence-corrected chi connectivity index (χ1v) is 11.9. The Morgan fingerprint density at radius 3 is 2.80 bits per heavy atom. The Hall–Kier alpha value is -3.78. The highest BCUT2D eigenvalue weighted by molar-refractivity contribution is 5.77. The Labute approximate surface area is 204 Å². The number of fused-ring (bicyclic) bond motifs is 2. The van der Waals surface area contributed by atoms with Crippen LogP contribution in [0.4, 0.5) is 11.6 Å². The van der Waals surface area contributed by atoms with Gasteiger partial charge in [0.2, 0.25) is 5.95 Å². The highest BCUT2D eigenvalue weighted by Crippen LogP contribution is 2.27. The molecule has 0 aliphatic carbocycles. The Balaban J connectivity index is 1.64. The molecule has 8 nitrogen and oxygen atoms in total. The van der Waals surface area contributed by atoms with Gasteiger partial charge in [0.15, 0.2) is 5.65 Å². The molecule has 35 heavy (non-hydrogen) atoms. The van der Waals surface area contributed by atoms with E-state index in [0.717, 1.165) is 42.1 Å². The van der Waals surface area contributed by atoms with Crippen LogP contribution in [0.25, 0.3) is 16.7 Å². The number of pyridine rings is 1. The van der Waals surface area contributed by atoms with E-state index in [1.165, 1.54) is 11.1 Å². The van der Waals surface area contributed by atoms with Gasteiger partial charge in [-0.15, -0.1) is 6.58 Å². The third-order valence-electron chi connectivity index (χ3n) is 6.41. The van der Waals surface area contributed by atoms with E-state index >= 15 is 0 Å². The molecular formula is C27H31N7O. The fourth-order valence-corrected chi connectivity index (χ4v) is 4.51. The summed E-state index contributed by atoms with van der Waals surface area (Å²) in [6.07, 6.45) is 6.08. The lowest BCUT2D eigenvalue weighted by atomic mass is 9.91. The molecular weight excluding hydrogens is 438 g/mol. The molecule has 5 rings (SSSR count). The monoisotopic (exact) mass is 469 g/mol. The molecule has 0 fully saturated rings. The number of nitrogens with one attached hydrogen (secondary N) is 2. The number of aromatic nitrogens is 5. The largest absolute Gasteiger partial charge is 0.324 e. The second-order valence-electron chi connectivity index (χ2n) is 10.1. The Morgan fingerprint density at radius 1 is 1.20 bits per heavy atom. The summed E-state index contributed by atoms with van der Waals surface area (Å²) in [7, 11) is 0. The first-order valence-electron chi connectivity index (χ1n) is 11.9.